The summed E-state index contributed by atoms with van der Waals surface area (Å²) >= 11 is 0. The van der Waals surface area contributed by atoms with Gasteiger partial charge in [0, 0.05) is 44.1 Å². The molecule has 0 amide bonds. The third-order valence-corrected chi connectivity index (χ3v) is 4.50. The number of nitrogens with zero attached hydrogens (tertiary/aromatic N) is 4. The van der Waals surface area contributed by atoms with Crippen molar-refractivity contribution in [3.8, 4) is 5.75 Å². The first-order chi connectivity index (χ1) is 11.2. The van der Waals surface area contributed by atoms with Gasteiger partial charge in [0.15, 0.2) is 0 Å². The number of piperazine rings is 1. The lowest BCUT2D eigenvalue weighted by Crippen LogP contribution is -2.47. The summed E-state index contributed by atoms with van der Waals surface area (Å²) in [7, 11) is 1.71. The highest BCUT2D eigenvalue weighted by Crippen LogP contribution is 2.25. The van der Waals surface area contributed by atoms with Crippen LogP contribution in [0.5, 0.6) is 5.75 Å². The van der Waals surface area contributed by atoms with E-state index in [2.05, 4.69) is 44.9 Å². The van der Waals surface area contributed by atoms with Crippen LogP contribution >= 0.6 is 0 Å². The summed E-state index contributed by atoms with van der Waals surface area (Å²) in [5.41, 5.74) is 2.31. The molecule has 1 saturated heterocycles. The zero-order valence-corrected chi connectivity index (χ0v) is 14.1. The summed E-state index contributed by atoms with van der Waals surface area (Å²) in [5, 5.41) is 0. The lowest BCUT2D eigenvalue weighted by atomic mass is 10.1. The fourth-order valence-corrected chi connectivity index (χ4v) is 3.01. The first-order valence-corrected chi connectivity index (χ1v) is 8.10. The molecule has 0 bridgehead atoms. The molecule has 3 rings (SSSR count). The first-order valence-electron chi connectivity index (χ1n) is 8.10. The second kappa shape index (κ2) is 6.96. The highest BCUT2D eigenvalue weighted by atomic mass is 16.5. The first kappa shape index (κ1) is 15.7. The van der Waals surface area contributed by atoms with Gasteiger partial charge in [0.2, 0.25) is 5.95 Å². The zero-order chi connectivity index (χ0) is 16.2. The molecule has 0 aliphatic carbocycles. The quantitative estimate of drug-likeness (QED) is 0.868. The second-order valence-electron chi connectivity index (χ2n) is 5.97. The van der Waals surface area contributed by atoms with E-state index in [0.29, 0.717) is 6.04 Å². The van der Waals surface area contributed by atoms with Crippen molar-refractivity contribution in [2.24, 2.45) is 0 Å². The minimum atomic E-state index is 0.380. The van der Waals surface area contributed by atoms with Crippen molar-refractivity contribution in [1.29, 1.82) is 0 Å². The van der Waals surface area contributed by atoms with Crippen molar-refractivity contribution < 1.29 is 4.74 Å². The lowest BCUT2D eigenvalue weighted by molar-refractivity contribution is 0.197. The fraction of sp³-hybridized carbons (Fsp3) is 0.444. The van der Waals surface area contributed by atoms with Gasteiger partial charge in [-0.1, -0.05) is 12.1 Å². The fourth-order valence-electron chi connectivity index (χ4n) is 3.01. The van der Waals surface area contributed by atoms with E-state index in [1.165, 1.54) is 5.56 Å². The van der Waals surface area contributed by atoms with E-state index in [1.807, 2.05) is 25.3 Å². The van der Waals surface area contributed by atoms with Gasteiger partial charge in [0.1, 0.15) is 5.75 Å². The molecule has 1 atom stereocenters. The van der Waals surface area contributed by atoms with E-state index >= 15 is 0 Å². The van der Waals surface area contributed by atoms with Gasteiger partial charge >= 0.3 is 0 Å². The van der Waals surface area contributed by atoms with Crippen LogP contribution in [0.25, 0.3) is 0 Å². The van der Waals surface area contributed by atoms with Crippen molar-refractivity contribution in [3.05, 3.63) is 47.8 Å². The van der Waals surface area contributed by atoms with Gasteiger partial charge < -0.3 is 9.64 Å². The van der Waals surface area contributed by atoms with Crippen LogP contribution in [0.2, 0.25) is 0 Å². The molecule has 1 aromatic heterocycles. The molecule has 23 heavy (non-hydrogen) atoms. The molecule has 1 aromatic carbocycles. The number of methoxy groups -OCH3 is 1. The standard InChI is InChI=1S/C18H24N4O/c1-14-7-8-19-18(20-14)22-11-9-21(10-12-22)15(2)16-5-4-6-17(13-16)23-3/h4-8,13,15H,9-12H2,1-3H3. The molecule has 2 heterocycles. The Kier molecular flexibility index (Phi) is 4.76. The SMILES string of the molecule is COc1cccc(C(C)N2CCN(c3nccc(C)n3)CC2)c1. The average molecular weight is 312 g/mol. The number of hydrogen-bond acceptors (Lipinski definition) is 5. The molecule has 122 valence electrons. The van der Waals surface area contributed by atoms with Crippen molar-refractivity contribution in [1.82, 2.24) is 14.9 Å². The van der Waals surface area contributed by atoms with E-state index < -0.39 is 0 Å². The monoisotopic (exact) mass is 312 g/mol. The van der Waals surface area contributed by atoms with Crippen LogP contribution in [-0.4, -0.2) is 48.2 Å². The summed E-state index contributed by atoms with van der Waals surface area (Å²) < 4.78 is 5.34. The third-order valence-electron chi connectivity index (χ3n) is 4.50. The molecule has 1 unspecified atom stereocenters. The van der Waals surface area contributed by atoms with Crippen LogP contribution < -0.4 is 9.64 Å². The highest BCUT2D eigenvalue weighted by Gasteiger charge is 2.23. The Bertz CT molecular complexity index is 653. The average Bonchev–Trinajstić information content (AvgIpc) is 2.61. The third kappa shape index (κ3) is 3.62. The summed E-state index contributed by atoms with van der Waals surface area (Å²) in [4.78, 5) is 13.7. The number of benzene rings is 1. The van der Waals surface area contributed by atoms with Crippen LogP contribution in [0, 0.1) is 6.92 Å². The summed E-state index contributed by atoms with van der Waals surface area (Å²) in [6, 6.07) is 10.7. The maximum absolute atomic E-state index is 5.34. The van der Waals surface area contributed by atoms with E-state index in [9.17, 15) is 0 Å². The minimum Gasteiger partial charge on any atom is -0.497 e. The summed E-state index contributed by atoms with van der Waals surface area (Å²) in [6.45, 7) is 8.20. The van der Waals surface area contributed by atoms with Gasteiger partial charge in [-0.25, -0.2) is 9.97 Å². The van der Waals surface area contributed by atoms with E-state index in [4.69, 9.17) is 4.74 Å². The second-order valence-corrected chi connectivity index (χ2v) is 5.97. The molecular weight excluding hydrogens is 288 g/mol. The Morgan fingerprint density at radius 3 is 2.61 bits per heavy atom. The van der Waals surface area contributed by atoms with Gasteiger partial charge in [-0.2, -0.15) is 0 Å². The van der Waals surface area contributed by atoms with Crippen molar-refractivity contribution in [3.63, 3.8) is 0 Å². The van der Waals surface area contributed by atoms with E-state index in [-0.39, 0.29) is 0 Å². The Morgan fingerprint density at radius 2 is 1.91 bits per heavy atom. The van der Waals surface area contributed by atoms with Gasteiger partial charge in [-0.05, 0) is 37.6 Å². The number of aryl methyl sites for hydroxylation is 1. The number of ether oxygens (including phenoxy) is 1. The predicted molar refractivity (Wildman–Crippen MR) is 92.0 cm³/mol. The molecule has 0 saturated carbocycles. The molecule has 0 radical (unpaired) electrons. The lowest BCUT2D eigenvalue weighted by Gasteiger charge is -2.38. The van der Waals surface area contributed by atoms with Crippen LogP contribution in [0.1, 0.15) is 24.2 Å². The van der Waals surface area contributed by atoms with Crippen LogP contribution in [0.4, 0.5) is 5.95 Å². The normalized spacial score (nSPS) is 17.1. The number of hydrogen-bond donors (Lipinski definition) is 0. The van der Waals surface area contributed by atoms with Gasteiger partial charge in [-0.15, -0.1) is 0 Å². The number of rotatable bonds is 4. The van der Waals surface area contributed by atoms with E-state index in [1.54, 1.807) is 7.11 Å². The maximum Gasteiger partial charge on any atom is 0.225 e. The molecule has 5 heteroatoms. The number of aromatic nitrogens is 2. The van der Waals surface area contributed by atoms with Crippen LogP contribution in [0.15, 0.2) is 36.5 Å². The summed E-state index contributed by atoms with van der Waals surface area (Å²) in [6.07, 6.45) is 1.84. The minimum absolute atomic E-state index is 0.380. The molecule has 0 spiro atoms. The highest BCUT2D eigenvalue weighted by molar-refractivity contribution is 5.32. The molecule has 1 fully saturated rings. The van der Waals surface area contributed by atoms with Crippen molar-refractivity contribution in [2.75, 3.05) is 38.2 Å². The van der Waals surface area contributed by atoms with Crippen molar-refractivity contribution >= 4 is 5.95 Å². The Hall–Kier alpha value is -2.14. The molecule has 5 nitrogen and oxygen atoms in total. The van der Waals surface area contributed by atoms with Gasteiger partial charge in [0.05, 0.1) is 7.11 Å². The summed E-state index contributed by atoms with van der Waals surface area (Å²) in [5.74, 6) is 1.76. The van der Waals surface area contributed by atoms with Crippen molar-refractivity contribution in [2.45, 2.75) is 19.9 Å². The largest absolute Gasteiger partial charge is 0.497 e. The Labute approximate surface area is 137 Å². The molecule has 2 aromatic rings. The van der Waals surface area contributed by atoms with Crippen LogP contribution in [0.3, 0.4) is 0 Å². The van der Waals surface area contributed by atoms with Gasteiger partial charge in [-0.3, -0.25) is 4.90 Å². The van der Waals surface area contributed by atoms with Gasteiger partial charge in [0.25, 0.3) is 0 Å². The number of anilines is 1. The molecule has 0 N–H and O–H groups in total. The Morgan fingerprint density at radius 1 is 1.13 bits per heavy atom. The molecular formula is C18H24N4O. The Balaban J connectivity index is 1.64. The van der Waals surface area contributed by atoms with E-state index in [0.717, 1.165) is 43.6 Å². The molecule has 1 aliphatic heterocycles. The zero-order valence-electron chi connectivity index (χ0n) is 14.1. The smallest absolute Gasteiger partial charge is 0.225 e. The predicted octanol–water partition coefficient (Wildman–Crippen LogP) is 2.68. The topological polar surface area (TPSA) is 41.5 Å². The van der Waals surface area contributed by atoms with Crippen LogP contribution in [-0.2, 0) is 0 Å². The maximum atomic E-state index is 5.34. The molecule has 1 aliphatic rings.